The van der Waals surface area contributed by atoms with E-state index in [0.717, 1.165) is 33.0 Å². The number of hydrogen-bond donors (Lipinski definition) is 0. The minimum Gasteiger partial charge on any atom is -0.493 e. The van der Waals surface area contributed by atoms with E-state index in [1.165, 1.54) is 24.3 Å². The highest BCUT2D eigenvalue weighted by Gasteiger charge is 2.35. The van der Waals surface area contributed by atoms with E-state index in [4.69, 9.17) is 9.47 Å². The summed E-state index contributed by atoms with van der Waals surface area (Å²) in [6.07, 6.45) is 1.64. The molecule has 0 bridgehead atoms. The summed E-state index contributed by atoms with van der Waals surface area (Å²) in [4.78, 5) is 37.2. The lowest BCUT2D eigenvalue weighted by molar-refractivity contribution is -0.384. The Kier molecular flexibility index (Phi) is 7.10. The molecule has 0 saturated carbocycles. The third-order valence-corrected chi connectivity index (χ3v) is 7.02. The number of imide groups is 1. The Hall–Kier alpha value is -4.63. The van der Waals surface area contributed by atoms with Crippen LogP contribution >= 0.6 is 11.8 Å². The Labute approximate surface area is 222 Å². The SMILES string of the molecule is COc1cc(C=C2SC(=O)N(Cc3ccc([N+](=O)[O-])cc3)C2=O)ccc1OCc1cccc2ccccc12. The van der Waals surface area contributed by atoms with E-state index in [1.54, 1.807) is 31.4 Å². The van der Waals surface area contributed by atoms with E-state index in [2.05, 4.69) is 18.2 Å². The van der Waals surface area contributed by atoms with Crippen LogP contribution in [0.5, 0.6) is 11.5 Å². The zero-order valence-electron chi connectivity index (χ0n) is 20.3. The first-order valence-electron chi connectivity index (χ1n) is 11.7. The van der Waals surface area contributed by atoms with Crippen molar-refractivity contribution in [3.8, 4) is 11.5 Å². The van der Waals surface area contributed by atoms with Gasteiger partial charge in [-0.25, -0.2) is 0 Å². The van der Waals surface area contributed by atoms with Crippen molar-refractivity contribution in [1.82, 2.24) is 4.90 Å². The van der Waals surface area contributed by atoms with Crippen LogP contribution in [0.4, 0.5) is 10.5 Å². The predicted molar refractivity (Wildman–Crippen MR) is 146 cm³/mol. The molecule has 1 heterocycles. The fourth-order valence-corrected chi connectivity index (χ4v) is 5.00. The van der Waals surface area contributed by atoms with Gasteiger partial charge in [0, 0.05) is 12.1 Å². The average molecular weight is 527 g/mol. The molecule has 1 aliphatic rings. The number of carbonyl (C=O) groups excluding carboxylic acids is 2. The van der Waals surface area contributed by atoms with Crippen molar-refractivity contribution in [3.63, 3.8) is 0 Å². The van der Waals surface area contributed by atoms with Crippen molar-refractivity contribution >= 4 is 45.4 Å². The Morgan fingerprint density at radius 1 is 0.947 bits per heavy atom. The van der Waals surface area contributed by atoms with Crippen LogP contribution in [0.25, 0.3) is 16.8 Å². The van der Waals surface area contributed by atoms with Crippen molar-refractivity contribution in [2.45, 2.75) is 13.2 Å². The maximum Gasteiger partial charge on any atom is 0.293 e. The van der Waals surface area contributed by atoms with Gasteiger partial charge in [0.1, 0.15) is 6.61 Å². The molecule has 38 heavy (non-hydrogen) atoms. The Balaban J connectivity index is 1.30. The number of hydrogen-bond acceptors (Lipinski definition) is 7. The maximum absolute atomic E-state index is 12.9. The van der Waals surface area contributed by atoms with Gasteiger partial charge in [0.05, 0.1) is 23.5 Å². The number of benzene rings is 4. The smallest absolute Gasteiger partial charge is 0.293 e. The fourth-order valence-electron chi connectivity index (χ4n) is 4.16. The van der Waals surface area contributed by atoms with Crippen LogP contribution in [0.15, 0.2) is 89.8 Å². The lowest BCUT2D eigenvalue weighted by Gasteiger charge is -2.13. The van der Waals surface area contributed by atoms with E-state index < -0.39 is 16.1 Å². The molecular formula is C29H22N2O6S. The van der Waals surface area contributed by atoms with Gasteiger partial charge in [0.25, 0.3) is 16.8 Å². The summed E-state index contributed by atoms with van der Waals surface area (Å²) in [5.41, 5.74) is 2.30. The second-order valence-corrected chi connectivity index (χ2v) is 9.52. The maximum atomic E-state index is 12.9. The van der Waals surface area contributed by atoms with Gasteiger partial charge in [0.15, 0.2) is 11.5 Å². The van der Waals surface area contributed by atoms with Gasteiger partial charge in [-0.05, 0) is 57.4 Å². The lowest BCUT2D eigenvalue weighted by Crippen LogP contribution is -2.27. The average Bonchev–Trinajstić information content (AvgIpc) is 3.19. The number of methoxy groups -OCH3 is 1. The van der Waals surface area contributed by atoms with E-state index in [-0.39, 0.29) is 17.1 Å². The number of carbonyl (C=O) groups is 2. The predicted octanol–water partition coefficient (Wildman–Crippen LogP) is 6.57. The fraction of sp³-hybridized carbons (Fsp3) is 0.103. The molecule has 0 aliphatic carbocycles. The minimum atomic E-state index is -0.499. The number of thioether (sulfide) groups is 1. The van der Waals surface area contributed by atoms with Crippen LogP contribution in [0.1, 0.15) is 16.7 Å². The molecule has 0 spiro atoms. The highest BCUT2D eigenvalue weighted by Crippen LogP contribution is 2.36. The quantitative estimate of drug-likeness (QED) is 0.145. The second-order valence-electron chi connectivity index (χ2n) is 8.53. The number of nitro groups is 1. The van der Waals surface area contributed by atoms with Crippen LogP contribution in [-0.4, -0.2) is 28.1 Å². The van der Waals surface area contributed by atoms with Crippen molar-refractivity contribution < 1.29 is 24.0 Å². The van der Waals surface area contributed by atoms with Gasteiger partial charge in [0.2, 0.25) is 0 Å². The first-order chi connectivity index (χ1) is 18.4. The molecule has 0 N–H and O–H groups in total. The summed E-state index contributed by atoms with van der Waals surface area (Å²) in [7, 11) is 1.54. The number of fused-ring (bicyclic) bond motifs is 1. The van der Waals surface area contributed by atoms with Gasteiger partial charge >= 0.3 is 0 Å². The molecule has 2 amide bonds. The summed E-state index contributed by atoms with van der Waals surface area (Å²) in [6, 6.07) is 25.3. The lowest BCUT2D eigenvalue weighted by atomic mass is 10.1. The molecule has 4 aromatic carbocycles. The number of non-ortho nitro benzene ring substituents is 1. The summed E-state index contributed by atoms with van der Waals surface area (Å²) < 4.78 is 11.6. The molecule has 190 valence electrons. The number of rotatable bonds is 8. The standard InChI is InChI=1S/C29H22N2O6S/c1-36-26-15-20(11-14-25(26)37-18-22-7-4-6-21-5-2-3-8-24(21)22)16-27-28(32)30(29(33)38-27)17-19-9-12-23(13-10-19)31(34)35/h2-16H,17-18H2,1H3. The zero-order chi connectivity index (χ0) is 26.6. The molecule has 1 aliphatic heterocycles. The highest BCUT2D eigenvalue weighted by molar-refractivity contribution is 8.18. The highest BCUT2D eigenvalue weighted by atomic mass is 32.2. The Bertz CT molecular complexity index is 1580. The first-order valence-corrected chi connectivity index (χ1v) is 12.5. The van der Waals surface area contributed by atoms with Gasteiger partial charge < -0.3 is 9.47 Å². The first kappa shape index (κ1) is 25.0. The van der Waals surface area contributed by atoms with Gasteiger partial charge in [-0.15, -0.1) is 0 Å². The molecule has 4 aromatic rings. The van der Waals surface area contributed by atoms with Crippen molar-refractivity contribution in [3.05, 3.63) is 117 Å². The second kappa shape index (κ2) is 10.8. The molecule has 0 unspecified atom stereocenters. The monoisotopic (exact) mass is 526 g/mol. The Morgan fingerprint density at radius 3 is 2.47 bits per heavy atom. The largest absolute Gasteiger partial charge is 0.493 e. The van der Waals surface area contributed by atoms with Crippen LogP contribution in [0.3, 0.4) is 0 Å². The summed E-state index contributed by atoms with van der Waals surface area (Å²) in [5.74, 6) is 0.640. The molecular weight excluding hydrogens is 504 g/mol. The molecule has 0 radical (unpaired) electrons. The van der Waals surface area contributed by atoms with E-state index in [9.17, 15) is 19.7 Å². The number of amides is 2. The molecule has 0 aromatic heterocycles. The number of ether oxygens (including phenoxy) is 2. The normalized spacial score (nSPS) is 14.3. The van der Waals surface area contributed by atoms with Gasteiger partial charge in [-0.1, -0.05) is 60.7 Å². The minimum absolute atomic E-state index is 0.0320. The van der Waals surface area contributed by atoms with Crippen LogP contribution in [-0.2, 0) is 17.9 Å². The Morgan fingerprint density at radius 2 is 1.71 bits per heavy atom. The molecule has 0 atom stereocenters. The number of nitro benzene ring substituents is 1. The van der Waals surface area contributed by atoms with Crippen LogP contribution < -0.4 is 9.47 Å². The van der Waals surface area contributed by atoms with Crippen molar-refractivity contribution in [2.75, 3.05) is 7.11 Å². The van der Waals surface area contributed by atoms with E-state index >= 15 is 0 Å². The zero-order valence-corrected chi connectivity index (χ0v) is 21.1. The van der Waals surface area contributed by atoms with E-state index in [1.807, 2.05) is 24.3 Å². The third-order valence-electron chi connectivity index (χ3n) is 6.11. The molecule has 9 heteroatoms. The molecule has 5 rings (SSSR count). The van der Waals surface area contributed by atoms with Gasteiger partial charge in [-0.3, -0.25) is 24.6 Å². The van der Waals surface area contributed by atoms with Crippen molar-refractivity contribution in [1.29, 1.82) is 0 Å². The summed E-state index contributed by atoms with van der Waals surface area (Å²) >= 11 is 0.848. The molecule has 1 saturated heterocycles. The topological polar surface area (TPSA) is 99.0 Å². The van der Waals surface area contributed by atoms with Crippen LogP contribution in [0, 0.1) is 10.1 Å². The van der Waals surface area contributed by atoms with Crippen molar-refractivity contribution in [2.24, 2.45) is 0 Å². The third kappa shape index (κ3) is 5.23. The summed E-state index contributed by atoms with van der Waals surface area (Å²) in [5, 5.41) is 12.7. The number of nitrogens with zero attached hydrogens (tertiary/aromatic N) is 2. The summed E-state index contributed by atoms with van der Waals surface area (Å²) in [6.45, 7) is 0.392. The van der Waals surface area contributed by atoms with E-state index in [0.29, 0.717) is 29.2 Å². The van der Waals surface area contributed by atoms with Gasteiger partial charge in [-0.2, -0.15) is 0 Å². The van der Waals surface area contributed by atoms with Crippen LogP contribution in [0.2, 0.25) is 0 Å². The molecule has 1 fully saturated rings. The molecule has 8 nitrogen and oxygen atoms in total.